The van der Waals surface area contributed by atoms with Gasteiger partial charge in [0.05, 0.1) is 5.69 Å². The van der Waals surface area contributed by atoms with Gasteiger partial charge in [0.15, 0.2) is 0 Å². The number of hydrogen-bond donors (Lipinski definition) is 0. The fourth-order valence-corrected chi connectivity index (χ4v) is 9.27. The zero-order chi connectivity index (χ0) is 33.9. The molecule has 0 heterocycles. The quantitative estimate of drug-likeness (QED) is 0.187. The molecule has 0 atom stereocenters. The first-order valence-electron chi connectivity index (χ1n) is 17.7. The van der Waals surface area contributed by atoms with Gasteiger partial charge in [-0.1, -0.05) is 158 Å². The van der Waals surface area contributed by atoms with E-state index in [1.54, 1.807) is 0 Å². The van der Waals surface area contributed by atoms with Crippen LogP contribution >= 0.6 is 0 Å². The van der Waals surface area contributed by atoms with Crippen LogP contribution in [-0.2, 0) is 16.2 Å². The Bertz CT molecular complexity index is 2320. The van der Waals surface area contributed by atoms with E-state index in [0.717, 1.165) is 0 Å². The molecule has 2 aliphatic rings. The van der Waals surface area contributed by atoms with E-state index in [0.29, 0.717) is 0 Å². The standard InChI is InChI=1S/C48H43N/c1-46(2,3)42-40-36-20-12-14-22-38(36)47(4,5)43(40)45(44-41(42)37-21-13-15-23-39(37)48(44,6)7)49(34-26-24-30-16-8-10-18-32(30)28-34)35-27-25-31-17-9-11-19-33(31)29-35/h8-29H,1-7H3. The molecule has 0 N–H and O–H groups in total. The maximum Gasteiger partial charge on any atom is 0.0556 e. The third kappa shape index (κ3) is 4.18. The van der Waals surface area contributed by atoms with Gasteiger partial charge in [-0.05, 0) is 101 Å². The van der Waals surface area contributed by atoms with Gasteiger partial charge in [0, 0.05) is 22.2 Å². The predicted molar refractivity (Wildman–Crippen MR) is 210 cm³/mol. The average molecular weight is 634 g/mol. The lowest BCUT2D eigenvalue weighted by molar-refractivity contribution is 0.587. The fourth-order valence-electron chi connectivity index (χ4n) is 9.27. The van der Waals surface area contributed by atoms with Gasteiger partial charge < -0.3 is 4.90 Å². The summed E-state index contributed by atoms with van der Waals surface area (Å²) in [7, 11) is 0. The number of rotatable bonds is 3. The van der Waals surface area contributed by atoms with Crippen LogP contribution < -0.4 is 4.90 Å². The van der Waals surface area contributed by atoms with Crippen LogP contribution in [0.4, 0.5) is 17.1 Å². The van der Waals surface area contributed by atoms with Crippen molar-refractivity contribution in [3.8, 4) is 22.3 Å². The highest BCUT2D eigenvalue weighted by atomic mass is 15.2. The molecule has 0 bridgehead atoms. The number of anilines is 3. The van der Waals surface area contributed by atoms with E-state index in [2.05, 4.69) is 187 Å². The highest BCUT2D eigenvalue weighted by Gasteiger charge is 2.50. The van der Waals surface area contributed by atoms with Crippen molar-refractivity contribution in [2.24, 2.45) is 0 Å². The van der Waals surface area contributed by atoms with Crippen LogP contribution in [0.1, 0.15) is 76.3 Å². The third-order valence-corrected chi connectivity index (χ3v) is 11.4. The van der Waals surface area contributed by atoms with Gasteiger partial charge >= 0.3 is 0 Å². The molecule has 7 aromatic rings. The van der Waals surface area contributed by atoms with Gasteiger partial charge in [-0.2, -0.15) is 0 Å². The summed E-state index contributed by atoms with van der Waals surface area (Å²) in [6.45, 7) is 17.0. The van der Waals surface area contributed by atoms with Crippen molar-refractivity contribution >= 4 is 38.6 Å². The van der Waals surface area contributed by atoms with Gasteiger partial charge in [0.1, 0.15) is 0 Å². The van der Waals surface area contributed by atoms with E-state index in [9.17, 15) is 0 Å². The van der Waals surface area contributed by atoms with Crippen LogP contribution in [0.15, 0.2) is 133 Å². The summed E-state index contributed by atoms with van der Waals surface area (Å²) in [6, 6.07) is 49.9. The Morgan fingerprint density at radius 2 is 0.837 bits per heavy atom. The van der Waals surface area contributed by atoms with Crippen LogP contribution in [0.25, 0.3) is 43.8 Å². The molecule has 0 saturated heterocycles. The van der Waals surface area contributed by atoms with E-state index in [1.807, 2.05) is 0 Å². The minimum absolute atomic E-state index is 0.0928. The monoisotopic (exact) mass is 633 g/mol. The van der Waals surface area contributed by atoms with E-state index >= 15 is 0 Å². The maximum atomic E-state index is 2.62. The van der Waals surface area contributed by atoms with E-state index in [-0.39, 0.29) is 16.2 Å². The summed E-state index contributed by atoms with van der Waals surface area (Å²) >= 11 is 0. The first kappa shape index (κ1) is 30.0. The van der Waals surface area contributed by atoms with Crippen LogP contribution in [0.5, 0.6) is 0 Å². The number of fused-ring (bicyclic) bond motifs is 8. The van der Waals surface area contributed by atoms with E-state index < -0.39 is 0 Å². The second-order valence-corrected chi connectivity index (χ2v) is 16.2. The number of nitrogens with zero attached hydrogens (tertiary/aromatic N) is 1. The van der Waals surface area contributed by atoms with Gasteiger partial charge in [0.25, 0.3) is 0 Å². The lowest BCUT2D eigenvalue weighted by Gasteiger charge is -2.39. The van der Waals surface area contributed by atoms with Crippen molar-refractivity contribution < 1.29 is 0 Å². The van der Waals surface area contributed by atoms with Gasteiger partial charge in [-0.3, -0.25) is 0 Å². The third-order valence-electron chi connectivity index (χ3n) is 11.4. The summed E-state index contributed by atoms with van der Waals surface area (Å²) in [5, 5.41) is 5.00. The Kier molecular flexibility index (Phi) is 6.23. The SMILES string of the molecule is CC(C)(C)c1c2c(c(N(c3ccc4ccccc4c3)c3ccc4ccccc4c3)c3c1-c1ccccc1C3(C)C)C(C)(C)c1ccccc1-2. The molecule has 0 fully saturated rings. The molecule has 0 aliphatic heterocycles. The van der Waals surface area contributed by atoms with Gasteiger partial charge in [-0.15, -0.1) is 0 Å². The summed E-state index contributed by atoms with van der Waals surface area (Å²) in [5.74, 6) is 0. The van der Waals surface area contributed by atoms with Crippen molar-refractivity contribution in [2.75, 3.05) is 4.90 Å². The summed E-state index contributed by atoms with van der Waals surface area (Å²) in [5.41, 5.74) is 15.9. The van der Waals surface area contributed by atoms with Crippen LogP contribution in [0, 0.1) is 0 Å². The van der Waals surface area contributed by atoms with E-state index in [1.165, 1.54) is 88.7 Å². The Balaban J connectivity index is 1.51. The minimum Gasteiger partial charge on any atom is -0.310 e. The zero-order valence-corrected chi connectivity index (χ0v) is 29.6. The van der Waals surface area contributed by atoms with Gasteiger partial charge in [-0.25, -0.2) is 0 Å². The summed E-state index contributed by atoms with van der Waals surface area (Å²) < 4.78 is 0. The van der Waals surface area contributed by atoms with Crippen molar-refractivity contribution in [1.29, 1.82) is 0 Å². The molecular weight excluding hydrogens is 591 g/mol. The largest absolute Gasteiger partial charge is 0.310 e. The van der Waals surface area contributed by atoms with Crippen molar-refractivity contribution in [3.05, 3.63) is 161 Å². The molecule has 0 unspecified atom stereocenters. The predicted octanol–water partition coefficient (Wildman–Crippen LogP) is 13.4. The second kappa shape index (κ2) is 10.2. The van der Waals surface area contributed by atoms with Crippen LogP contribution in [0.3, 0.4) is 0 Å². The lowest BCUT2D eigenvalue weighted by Crippen LogP contribution is -2.27. The molecule has 1 nitrogen and oxygen atoms in total. The minimum atomic E-state index is -0.229. The summed E-state index contributed by atoms with van der Waals surface area (Å²) in [4.78, 5) is 2.62. The average Bonchev–Trinajstić information content (AvgIpc) is 3.47. The maximum absolute atomic E-state index is 2.62. The van der Waals surface area contributed by atoms with Crippen molar-refractivity contribution in [2.45, 2.75) is 64.7 Å². The van der Waals surface area contributed by atoms with Crippen LogP contribution in [0.2, 0.25) is 0 Å². The zero-order valence-electron chi connectivity index (χ0n) is 29.6. The normalized spacial score (nSPS) is 15.2. The van der Waals surface area contributed by atoms with Crippen molar-refractivity contribution in [1.82, 2.24) is 0 Å². The topological polar surface area (TPSA) is 3.24 Å². The second-order valence-electron chi connectivity index (χ2n) is 16.2. The Morgan fingerprint density at radius 1 is 0.449 bits per heavy atom. The smallest absolute Gasteiger partial charge is 0.0556 e. The Labute approximate surface area is 290 Å². The highest BCUT2D eigenvalue weighted by Crippen LogP contribution is 2.65. The van der Waals surface area contributed by atoms with E-state index in [4.69, 9.17) is 0 Å². The number of benzene rings is 7. The lowest BCUT2D eigenvalue weighted by atomic mass is 9.70. The molecule has 7 aromatic carbocycles. The van der Waals surface area contributed by atoms with Crippen molar-refractivity contribution in [3.63, 3.8) is 0 Å². The molecule has 0 amide bonds. The molecule has 240 valence electrons. The molecule has 49 heavy (non-hydrogen) atoms. The molecule has 9 rings (SSSR count). The number of hydrogen-bond acceptors (Lipinski definition) is 1. The molecule has 0 spiro atoms. The molecule has 0 saturated carbocycles. The molecule has 0 aromatic heterocycles. The summed E-state index contributed by atoms with van der Waals surface area (Å²) in [6.07, 6.45) is 0. The Hall–Kier alpha value is -5.14. The first-order valence-corrected chi connectivity index (χ1v) is 17.7. The molecular formula is C48H43N. The highest BCUT2D eigenvalue weighted by molar-refractivity contribution is 6.04. The Morgan fingerprint density at radius 3 is 1.27 bits per heavy atom. The molecule has 2 aliphatic carbocycles. The molecule has 1 heteroatoms. The fraction of sp³-hybridized carbons (Fsp3) is 0.208. The first-order chi connectivity index (χ1) is 23.5. The van der Waals surface area contributed by atoms with Gasteiger partial charge in [0.2, 0.25) is 0 Å². The molecule has 0 radical (unpaired) electrons. The van der Waals surface area contributed by atoms with Crippen LogP contribution in [-0.4, -0.2) is 0 Å².